The lowest BCUT2D eigenvalue weighted by atomic mass is 10.1. The lowest BCUT2D eigenvalue weighted by Gasteiger charge is -2.06. The topological polar surface area (TPSA) is 42.0 Å². The molecule has 1 N–H and O–H groups in total. The van der Waals surface area contributed by atoms with Crippen LogP contribution >= 0.6 is 0 Å². The van der Waals surface area contributed by atoms with Crippen LogP contribution in [-0.2, 0) is 0 Å². The fourth-order valence-electron chi connectivity index (χ4n) is 1.37. The van der Waals surface area contributed by atoms with Gasteiger partial charge in [0.05, 0.1) is 0 Å². The number of hydrogen-bond donors (Lipinski definition) is 1. The lowest BCUT2D eigenvalue weighted by Crippen LogP contribution is -2.26. The summed E-state index contributed by atoms with van der Waals surface area (Å²) < 4.78 is 0. The minimum atomic E-state index is -0.0483. The Morgan fingerprint density at radius 1 is 1.47 bits per heavy atom. The Kier molecular flexibility index (Phi) is 2.71. The molecule has 0 saturated heterocycles. The first-order chi connectivity index (χ1) is 7.16. The van der Waals surface area contributed by atoms with E-state index in [1.165, 1.54) is 0 Å². The number of nitrogens with one attached hydrogen (secondary N) is 1. The van der Waals surface area contributed by atoms with Gasteiger partial charge in [0.2, 0.25) is 0 Å². The van der Waals surface area contributed by atoms with Gasteiger partial charge < -0.3 is 5.32 Å². The Morgan fingerprint density at radius 3 is 2.67 bits per heavy atom. The molecule has 15 heavy (non-hydrogen) atoms. The Labute approximate surface area is 89.9 Å². The summed E-state index contributed by atoms with van der Waals surface area (Å²) in [5, 5.41) is 2.92. The van der Waals surface area contributed by atoms with Crippen LogP contribution in [0.25, 0.3) is 0 Å². The summed E-state index contributed by atoms with van der Waals surface area (Å²) in [6, 6.07) is 4.16. The van der Waals surface area contributed by atoms with Gasteiger partial charge in [-0.2, -0.15) is 0 Å². The van der Waals surface area contributed by atoms with Crippen molar-refractivity contribution in [2.24, 2.45) is 0 Å². The largest absolute Gasteiger partial charge is 0.348 e. The van der Waals surface area contributed by atoms with Crippen molar-refractivity contribution in [1.29, 1.82) is 0 Å². The fourth-order valence-corrected chi connectivity index (χ4v) is 1.37. The molecule has 0 aliphatic heterocycles. The van der Waals surface area contributed by atoms with Crippen molar-refractivity contribution in [3.63, 3.8) is 0 Å². The predicted octanol–water partition coefficient (Wildman–Crippen LogP) is 2.10. The van der Waals surface area contributed by atoms with Crippen LogP contribution in [0.15, 0.2) is 18.3 Å². The molecule has 1 aliphatic carbocycles. The molecule has 0 aromatic carbocycles. The van der Waals surface area contributed by atoms with Crippen LogP contribution in [0.5, 0.6) is 0 Å². The normalized spacial score (nSPS) is 15.4. The third kappa shape index (κ3) is 2.55. The van der Waals surface area contributed by atoms with Crippen molar-refractivity contribution in [2.45, 2.75) is 38.6 Å². The van der Waals surface area contributed by atoms with E-state index in [1.54, 1.807) is 12.3 Å². The van der Waals surface area contributed by atoms with E-state index in [2.05, 4.69) is 24.1 Å². The van der Waals surface area contributed by atoms with Gasteiger partial charge in [-0.1, -0.05) is 19.9 Å². The second-order valence-corrected chi connectivity index (χ2v) is 4.38. The second-order valence-electron chi connectivity index (χ2n) is 4.38. The highest BCUT2D eigenvalue weighted by Crippen LogP contribution is 2.19. The zero-order valence-corrected chi connectivity index (χ0v) is 9.16. The van der Waals surface area contributed by atoms with Gasteiger partial charge in [-0.15, -0.1) is 0 Å². The van der Waals surface area contributed by atoms with Gasteiger partial charge in [0.1, 0.15) is 5.69 Å². The minimum Gasteiger partial charge on any atom is -0.348 e. The van der Waals surface area contributed by atoms with Crippen molar-refractivity contribution < 1.29 is 4.79 Å². The van der Waals surface area contributed by atoms with E-state index in [1.807, 2.05) is 6.07 Å². The number of nitrogens with zero attached hydrogens (tertiary/aromatic N) is 1. The van der Waals surface area contributed by atoms with Crippen LogP contribution in [-0.4, -0.2) is 16.9 Å². The Morgan fingerprint density at radius 2 is 2.20 bits per heavy atom. The van der Waals surface area contributed by atoms with Crippen molar-refractivity contribution >= 4 is 5.91 Å². The lowest BCUT2D eigenvalue weighted by molar-refractivity contribution is 0.0946. The van der Waals surface area contributed by atoms with Crippen LogP contribution in [0.3, 0.4) is 0 Å². The molecule has 0 unspecified atom stereocenters. The average molecular weight is 204 g/mol. The predicted molar refractivity (Wildman–Crippen MR) is 58.8 cm³/mol. The molecule has 3 nitrogen and oxygen atoms in total. The molecule has 3 heteroatoms. The van der Waals surface area contributed by atoms with Gasteiger partial charge in [0, 0.05) is 12.2 Å². The molecule has 0 radical (unpaired) electrons. The molecule has 1 aromatic heterocycles. The first-order valence-electron chi connectivity index (χ1n) is 5.43. The molecule has 0 spiro atoms. The number of pyridine rings is 1. The number of rotatable bonds is 3. The minimum absolute atomic E-state index is 0.0483. The van der Waals surface area contributed by atoms with E-state index >= 15 is 0 Å². The molecular weight excluding hydrogens is 188 g/mol. The van der Waals surface area contributed by atoms with Gasteiger partial charge >= 0.3 is 0 Å². The zero-order valence-electron chi connectivity index (χ0n) is 9.16. The summed E-state index contributed by atoms with van der Waals surface area (Å²) >= 11 is 0. The highest BCUT2D eigenvalue weighted by molar-refractivity contribution is 5.92. The van der Waals surface area contributed by atoms with Crippen LogP contribution < -0.4 is 5.32 Å². The highest BCUT2D eigenvalue weighted by atomic mass is 16.2. The maximum Gasteiger partial charge on any atom is 0.270 e. The molecule has 2 rings (SSSR count). The molecule has 1 aliphatic rings. The number of carbonyl (C=O) groups excluding carboxylic acids is 1. The molecule has 0 atom stereocenters. The van der Waals surface area contributed by atoms with Crippen molar-refractivity contribution in [3.8, 4) is 0 Å². The Bertz CT molecular complexity index is 352. The molecule has 80 valence electrons. The SMILES string of the molecule is CC(C)c1ccc(C(=O)NC2CC2)nc1. The Balaban J connectivity index is 2.04. The standard InChI is InChI=1S/C12H16N2O/c1-8(2)9-3-6-11(13-7-9)12(15)14-10-4-5-10/h3,6-8,10H,4-5H2,1-2H3,(H,14,15). The molecular formula is C12H16N2O. The highest BCUT2D eigenvalue weighted by Gasteiger charge is 2.24. The van der Waals surface area contributed by atoms with Crippen LogP contribution in [0.4, 0.5) is 0 Å². The summed E-state index contributed by atoms with van der Waals surface area (Å²) in [5.41, 5.74) is 1.68. The first-order valence-corrected chi connectivity index (χ1v) is 5.43. The quantitative estimate of drug-likeness (QED) is 0.819. The third-order valence-electron chi connectivity index (χ3n) is 2.60. The number of amides is 1. The average Bonchev–Trinajstić information content (AvgIpc) is 3.02. The molecule has 1 saturated carbocycles. The van der Waals surface area contributed by atoms with Gasteiger partial charge in [-0.05, 0) is 30.4 Å². The summed E-state index contributed by atoms with van der Waals surface area (Å²) in [6.45, 7) is 4.22. The third-order valence-corrected chi connectivity index (χ3v) is 2.60. The van der Waals surface area contributed by atoms with Crippen molar-refractivity contribution in [2.75, 3.05) is 0 Å². The van der Waals surface area contributed by atoms with Gasteiger partial charge in [0.15, 0.2) is 0 Å². The zero-order chi connectivity index (χ0) is 10.8. The molecule has 0 bridgehead atoms. The summed E-state index contributed by atoms with van der Waals surface area (Å²) in [4.78, 5) is 15.8. The molecule has 1 aromatic rings. The maximum absolute atomic E-state index is 11.6. The molecule has 1 heterocycles. The van der Waals surface area contributed by atoms with E-state index in [4.69, 9.17) is 0 Å². The van der Waals surface area contributed by atoms with E-state index in [0.717, 1.165) is 18.4 Å². The van der Waals surface area contributed by atoms with Crippen LogP contribution in [0, 0.1) is 0 Å². The van der Waals surface area contributed by atoms with Gasteiger partial charge in [-0.25, -0.2) is 0 Å². The number of aromatic nitrogens is 1. The second kappa shape index (κ2) is 4.01. The van der Waals surface area contributed by atoms with Gasteiger partial charge in [0.25, 0.3) is 5.91 Å². The maximum atomic E-state index is 11.6. The van der Waals surface area contributed by atoms with E-state index in [9.17, 15) is 4.79 Å². The van der Waals surface area contributed by atoms with E-state index in [-0.39, 0.29) is 5.91 Å². The van der Waals surface area contributed by atoms with Crippen LogP contribution in [0.2, 0.25) is 0 Å². The summed E-state index contributed by atoms with van der Waals surface area (Å²) in [6.07, 6.45) is 4.00. The van der Waals surface area contributed by atoms with Crippen LogP contribution in [0.1, 0.15) is 48.7 Å². The molecule has 1 fully saturated rings. The number of hydrogen-bond acceptors (Lipinski definition) is 2. The van der Waals surface area contributed by atoms with Crippen molar-refractivity contribution in [3.05, 3.63) is 29.6 Å². The fraction of sp³-hybridized carbons (Fsp3) is 0.500. The Hall–Kier alpha value is -1.38. The summed E-state index contributed by atoms with van der Waals surface area (Å²) in [5.74, 6) is 0.408. The summed E-state index contributed by atoms with van der Waals surface area (Å²) in [7, 11) is 0. The number of carbonyl (C=O) groups is 1. The smallest absolute Gasteiger partial charge is 0.270 e. The monoisotopic (exact) mass is 204 g/mol. The van der Waals surface area contributed by atoms with E-state index in [0.29, 0.717) is 17.7 Å². The first kappa shape index (κ1) is 10.1. The van der Waals surface area contributed by atoms with E-state index < -0.39 is 0 Å². The molecule has 1 amide bonds. The van der Waals surface area contributed by atoms with Crippen molar-refractivity contribution in [1.82, 2.24) is 10.3 Å². The van der Waals surface area contributed by atoms with Gasteiger partial charge in [-0.3, -0.25) is 9.78 Å².